The number of ether oxygens (including phenoxy) is 1. The van der Waals surface area contributed by atoms with E-state index in [1.54, 1.807) is 0 Å². The van der Waals surface area contributed by atoms with Crippen LogP contribution in [0.1, 0.15) is 88.2 Å². The Kier molecular flexibility index (Phi) is 12.9. The van der Waals surface area contributed by atoms with E-state index < -0.39 is 0 Å². The second kappa shape index (κ2) is 16.8. The van der Waals surface area contributed by atoms with Crippen molar-refractivity contribution >= 4 is 23.2 Å². The van der Waals surface area contributed by atoms with Crippen LogP contribution in [0.25, 0.3) is 0 Å². The van der Waals surface area contributed by atoms with Gasteiger partial charge in [0.25, 0.3) is 0 Å². The first-order valence-electron chi connectivity index (χ1n) is 16.8. The van der Waals surface area contributed by atoms with Gasteiger partial charge in [0.15, 0.2) is 0 Å². The summed E-state index contributed by atoms with van der Waals surface area (Å²) >= 11 is 11.8. The van der Waals surface area contributed by atoms with Crippen LogP contribution in [0, 0.1) is 11.8 Å². The monoisotopic (exact) mass is 614 g/mol. The zero-order valence-corrected chi connectivity index (χ0v) is 26.9. The van der Waals surface area contributed by atoms with Gasteiger partial charge in [-0.1, -0.05) is 73.2 Å². The molecule has 3 saturated heterocycles. The predicted molar refractivity (Wildman–Crippen MR) is 176 cm³/mol. The number of hydrogen-bond donors (Lipinski definition) is 2. The molecule has 5 aliphatic rings. The lowest BCUT2D eigenvalue weighted by Gasteiger charge is -2.41. The summed E-state index contributed by atoms with van der Waals surface area (Å²) in [4.78, 5) is 2.54. The predicted octanol–water partition coefficient (Wildman–Crippen LogP) is 8.11. The van der Waals surface area contributed by atoms with Crippen molar-refractivity contribution < 1.29 is 9.84 Å². The van der Waals surface area contributed by atoms with Gasteiger partial charge in [0, 0.05) is 16.1 Å². The maximum atomic E-state index is 10.2. The molecule has 4 nitrogen and oxygen atoms in total. The summed E-state index contributed by atoms with van der Waals surface area (Å²) in [6, 6.07) is 17.0. The quantitative estimate of drug-likeness (QED) is 0.334. The van der Waals surface area contributed by atoms with Crippen LogP contribution in [0.3, 0.4) is 0 Å². The maximum Gasteiger partial charge on any atom is 0.0841 e. The van der Waals surface area contributed by atoms with E-state index in [2.05, 4.69) is 34.5 Å². The smallest absolute Gasteiger partial charge is 0.0841 e. The summed E-state index contributed by atoms with van der Waals surface area (Å²) in [6.07, 6.45) is 19.0. The first-order chi connectivity index (χ1) is 20.5. The van der Waals surface area contributed by atoms with Gasteiger partial charge in [-0.05, 0) is 138 Å². The fourth-order valence-electron chi connectivity index (χ4n) is 7.38. The number of piperidine rings is 2. The standard InChI is InChI=1S/C18H26ClNO.C12H16ClN.C6H10O/c19-16-7-5-14(6-8-16)13-15-9-11-20(12-10-15)17-3-1-2-4-18(17)21;13-12-3-1-10(2-4-12)9-11-5-7-14-8-6-11;1-2-4-6-5(3-1)7-6/h5-8,15,17-18,21H,1-4,9-13H2;1-4,11,14H,5-9H2;5-6H,1-4H2/t17-,18-;;/m1../s1. The van der Waals surface area contributed by atoms with Crippen LogP contribution in [-0.2, 0) is 17.6 Å². The molecule has 2 saturated carbocycles. The lowest BCUT2D eigenvalue weighted by Crippen LogP contribution is -2.48. The molecule has 42 heavy (non-hydrogen) atoms. The van der Waals surface area contributed by atoms with Crippen molar-refractivity contribution in [2.24, 2.45) is 11.8 Å². The lowest BCUT2D eigenvalue weighted by molar-refractivity contribution is 0.00406. The Bertz CT molecular complexity index is 1030. The number of aliphatic hydroxyl groups is 1. The molecule has 2 aliphatic carbocycles. The Morgan fingerprint density at radius 3 is 1.62 bits per heavy atom. The van der Waals surface area contributed by atoms with Crippen LogP contribution in [0.5, 0.6) is 0 Å². The molecule has 3 heterocycles. The van der Waals surface area contributed by atoms with Gasteiger partial charge >= 0.3 is 0 Å². The molecule has 5 fully saturated rings. The number of benzene rings is 2. The van der Waals surface area contributed by atoms with Crippen LogP contribution >= 0.6 is 23.2 Å². The number of rotatable bonds is 5. The summed E-state index contributed by atoms with van der Waals surface area (Å²) < 4.78 is 5.28. The molecule has 7 rings (SSSR count). The van der Waals surface area contributed by atoms with Gasteiger partial charge in [-0.25, -0.2) is 0 Å². The Hall–Kier alpha value is -1.14. The van der Waals surface area contributed by atoms with E-state index in [1.165, 1.54) is 101 Å². The highest BCUT2D eigenvalue weighted by Gasteiger charge is 2.39. The SMILES string of the molecule is C1CCC2OC2C1.Clc1ccc(CC2CCNCC2)cc1.O[C@@H]1CCCC[C@H]1N1CCC(Cc2ccc(Cl)cc2)CC1. The molecular weight excluding hydrogens is 563 g/mol. The Labute approximate surface area is 264 Å². The Morgan fingerprint density at radius 1 is 0.643 bits per heavy atom. The van der Waals surface area contributed by atoms with Crippen molar-refractivity contribution in [2.45, 2.75) is 114 Å². The fourth-order valence-corrected chi connectivity index (χ4v) is 7.63. The number of nitrogens with zero attached hydrogens (tertiary/aromatic N) is 1. The van der Waals surface area contributed by atoms with E-state index in [4.69, 9.17) is 27.9 Å². The third-order valence-corrected chi connectivity index (χ3v) is 10.6. The van der Waals surface area contributed by atoms with Gasteiger partial charge in [-0.15, -0.1) is 0 Å². The number of likely N-dealkylation sites (tertiary alicyclic amines) is 1. The molecule has 6 heteroatoms. The van der Waals surface area contributed by atoms with Crippen molar-refractivity contribution in [3.8, 4) is 0 Å². The molecule has 2 aromatic carbocycles. The lowest BCUT2D eigenvalue weighted by atomic mass is 9.86. The van der Waals surface area contributed by atoms with Gasteiger partial charge in [-0.3, -0.25) is 4.90 Å². The molecule has 0 bridgehead atoms. The summed E-state index contributed by atoms with van der Waals surface area (Å²) in [5, 5.41) is 15.2. The number of fused-ring (bicyclic) bond motifs is 1. The zero-order chi connectivity index (χ0) is 29.1. The number of hydrogen-bond acceptors (Lipinski definition) is 4. The van der Waals surface area contributed by atoms with Gasteiger partial charge in [-0.2, -0.15) is 0 Å². The molecule has 2 aromatic rings. The van der Waals surface area contributed by atoms with E-state index in [-0.39, 0.29) is 6.10 Å². The van der Waals surface area contributed by atoms with Crippen molar-refractivity contribution in [1.29, 1.82) is 0 Å². The van der Waals surface area contributed by atoms with Gasteiger partial charge in [0.05, 0.1) is 18.3 Å². The van der Waals surface area contributed by atoms with Crippen molar-refractivity contribution in [1.82, 2.24) is 10.2 Å². The third kappa shape index (κ3) is 10.5. The average Bonchev–Trinajstić information content (AvgIpc) is 3.82. The molecule has 0 amide bonds. The third-order valence-electron chi connectivity index (χ3n) is 10.1. The van der Waals surface area contributed by atoms with Gasteiger partial charge < -0.3 is 15.2 Å². The molecule has 0 radical (unpaired) electrons. The summed E-state index contributed by atoms with van der Waals surface area (Å²) in [7, 11) is 0. The average molecular weight is 616 g/mol. The summed E-state index contributed by atoms with van der Waals surface area (Å²) in [5.74, 6) is 1.64. The van der Waals surface area contributed by atoms with E-state index in [9.17, 15) is 5.11 Å². The normalized spacial score (nSPS) is 28.5. The zero-order valence-electron chi connectivity index (χ0n) is 25.4. The van der Waals surface area contributed by atoms with Crippen LogP contribution in [0.4, 0.5) is 0 Å². The number of halogens is 2. The van der Waals surface area contributed by atoms with E-state index in [0.29, 0.717) is 18.2 Å². The molecule has 232 valence electrons. The minimum absolute atomic E-state index is 0.0911. The van der Waals surface area contributed by atoms with Crippen molar-refractivity contribution in [3.63, 3.8) is 0 Å². The molecule has 2 unspecified atom stereocenters. The van der Waals surface area contributed by atoms with Crippen LogP contribution in [-0.4, -0.2) is 60.5 Å². The summed E-state index contributed by atoms with van der Waals surface area (Å²) in [6.45, 7) is 4.66. The first kappa shape index (κ1) is 32.3. The minimum Gasteiger partial charge on any atom is -0.391 e. The molecular formula is C36H52Cl2N2O2. The first-order valence-corrected chi connectivity index (χ1v) is 17.6. The van der Waals surface area contributed by atoms with Gasteiger partial charge in [0.1, 0.15) is 0 Å². The van der Waals surface area contributed by atoms with Crippen LogP contribution in [0.15, 0.2) is 48.5 Å². The molecule has 0 aromatic heterocycles. The molecule has 0 spiro atoms. The van der Waals surface area contributed by atoms with Gasteiger partial charge in [0.2, 0.25) is 0 Å². The highest BCUT2D eigenvalue weighted by molar-refractivity contribution is 6.30. The van der Waals surface area contributed by atoms with Crippen LogP contribution in [0.2, 0.25) is 10.0 Å². The number of nitrogens with one attached hydrogen (secondary N) is 1. The van der Waals surface area contributed by atoms with Crippen LogP contribution < -0.4 is 5.32 Å². The topological polar surface area (TPSA) is 48.0 Å². The minimum atomic E-state index is -0.0911. The molecule has 4 atom stereocenters. The highest BCUT2D eigenvalue weighted by atomic mass is 35.5. The van der Waals surface area contributed by atoms with Crippen molar-refractivity contribution in [2.75, 3.05) is 26.2 Å². The second-order valence-corrected chi connectivity index (χ2v) is 14.1. The van der Waals surface area contributed by atoms with Crippen molar-refractivity contribution in [3.05, 3.63) is 69.7 Å². The number of epoxide rings is 1. The second-order valence-electron chi connectivity index (χ2n) is 13.3. The van der Waals surface area contributed by atoms with E-state index in [0.717, 1.165) is 47.8 Å². The highest BCUT2D eigenvalue weighted by Crippen LogP contribution is 2.36. The largest absolute Gasteiger partial charge is 0.391 e. The fraction of sp³-hybridized carbons (Fsp3) is 0.667. The summed E-state index contributed by atoms with van der Waals surface area (Å²) in [5.41, 5.74) is 2.82. The Balaban J connectivity index is 0.000000143. The van der Waals surface area contributed by atoms with E-state index in [1.807, 2.05) is 24.3 Å². The van der Waals surface area contributed by atoms with E-state index >= 15 is 0 Å². The maximum absolute atomic E-state index is 10.2. The Morgan fingerprint density at radius 2 is 1.12 bits per heavy atom. The molecule has 3 aliphatic heterocycles. The number of aliphatic hydroxyl groups excluding tert-OH is 1. The molecule has 2 N–H and O–H groups in total.